The number of rotatable bonds is 0. The summed E-state index contributed by atoms with van der Waals surface area (Å²) in [5.74, 6) is 29.0. The maximum absolute atomic E-state index is 2.24. The van der Waals surface area contributed by atoms with Crippen molar-refractivity contribution in [2.24, 2.45) is 71.0 Å². The highest BCUT2D eigenvalue weighted by Gasteiger charge is 2.28. The quantitative estimate of drug-likeness (QED) is 0.212. The highest BCUT2D eigenvalue weighted by molar-refractivity contribution is 8.78. The fourth-order valence-corrected chi connectivity index (χ4v) is 29.0. The first kappa shape index (κ1) is 52.0. The molecular formula is C48H84S12. The largest absolute Gasteiger partial charge is 0.0939 e. The van der Waals surface area contributed by atoms with Crippen LogP contribution >= 0.6 is 130 Å². The molecule has 0 spiro atoms. The molecule has 6 aliphatic carbocycles. The second-order valence-electron chi connectivity index (χ2n) is 20.7. The first-order chi connectivity index (χ1) is 29.7. The molecule has 0 atom stereocenters. The Morgan fingerprint density at radius 1 is 0.117 bits per heavy atom. The van der Waals surface area contributed by atoms with Crippen molar-refractivity contribution in [3.8, 4) is 0 Å². The first-order valence-electron chi connectivity index (χ1n) is 25.2. The second kappa shape index (κ2) is 31.4. The predicted octanol–water partition coefficient (Wildman–Crippen LogP) is 19.1. The van der Waals surface area contributed by atoms with E-state index in [1.54, 1.807) is 0 Å². The predicted molar refractivity (Wildman–Crippen MR) is 302 cm³/mol. The molecule has 22 fully saturated rings. The van der Waals surface area contributed by atoms with Gasteiger partial charge >= 0.3 is 0 Å². The van der Waals surface area contributed by atoms with Crippen molar-refractivity contribution in [2.45, 2.75) is 154 Å². The van der Waals surface area contributed by atoms with Crippen LogP contribution < -0.4 is 0 Å². The first-order valence-corrected chi connectivity index (χ1v) is 40.1. The normalized spacial score (nSPS) is 40.8. The van der Waals surface area contributed by atoms with Crippen molar-refractivity contribution >= 4 is 130 Å². The molecule has 0 aromatic carbocycles. The standard InChI is InChI=1S/C48H84S12/c1-2-38-4-3-37(1)25-49-51-27-39-5-7-41(8-6-39)29-53-55-31-43-13-15-45(16-14-43)33-57-59-35-47-21-23-48(24-22-47)36-60-58-34-46-19-17-44(18-20-46)32-56-54-30-42-11-9-40(10-12-42)28-52-50-26-38/h37-48H,1-36H2. The maximum Gasteiger partial charge on any atom is 0.00653 e. The van der Waals surface area contributed by atoms with E-state index in [9.17, 15) is 0 Å². The van der Waals surface area contributed by atoms with Crippen LogP contribution in [0, 0.1) is 71.0 Å². The Morgan fingerprint density at radius 2 is 0.183 bits per heavy atom. The SMILES string of the molecule is C1CC2CCC1CSSCC1CCC(CC1)CSSCC1CCC(CC1)CSSCC1CCC(CC1)CSSCC1CCC(CC1)CSSCC1CCC(CC1)CSSC2. The zero-order chi connectivity index (χ0) is 40.9. The third-order valence-electron chi connectivity index (χ3n) is 15.9. The van der Waals surface area contributed by atoms with Crippen LogP contribution in [0.2, 0.25) is 0 Å². The molecule has 0 unspecified atom stereocenters. The van der Waals surface area contributed by atoms with E-state index >= 15 is 0 Å². The van der Waals surface area contributed by atoms with E-state index in [4.69, 9.17) is 0 Å². The third-order valence-corrected chi connectivity index (χ3v) is 32.1. The topological polar surface area (TPSA) is 0 Å². The Balaban J connectivity index is 0.755. The second-order valence-corrected chi connectivity index (χ2v) is 36.0. The molecule has 16 heterocycles. The van der Waals surface area contributed by atoms with Crippen LogP contribution in [-0.4, -0.2) is 69.0 Å². The van der Waals surface area contributed by atoms with Gasteiger partial charge in [0.2, 0.25) is 0 Å². The summed E-state index contributed by atoms with van der Waals surface area (Å²) < 4.78 is 0. The van der Waals surface area contributed by atoms with Crippen LogP contribution in [0.15, 0.2) is 0 Å². The lowest BCUT2D eigenvalue weighted by atomic mass is 9.84. The average molecular weight is 1050 g/mol. The van der Waals surface area contributed by atoms with E-state index in [2.05, 4.69) is 130 Å². The molecule has 0 amide bonds. The van der Waals surface area contributed by atoms with E-state index in [0.29, 0.717) is 0 Å². The van der Waals surface area contributed by atoms with Crippen LogP contribution in [0.25, 0.3) is 0 Å². The van der Waals surface area contributed by atoms with Crippen molar-refractivity contribution in [1.29, 1.82) is 0 Å². The molecule has 22 aliphatic rings. The van der Waals surface area contributed by atoms with Crippen LogP contribution in [0.3, 0.4) is 0 Å². The average Bonchev–Trinajstić information content (AvgIpc) is 3.29. The van der Waals surface area contributed by atoms with Crippen molar-refractivity contribution in [2.75, 3.05) is 69.0 Å². The van der Waals surface area contributed by atoms with Crippen molar-refractivity contribution in [3.63, 3.8) is 0 Å². The summed E-state index contributed by atoms with van der Waals surface area (Å²) >= 11 is 0. The van der Waals surface area contributed by atoms with E-state index in [1.807, 2.05) is 0 Å². The summed E-state index contributed by atoms with van der Waals surface area (Å²) in [6, 6.07) is 0. The third kappa shape index (κ3) is 20.7. The van der Waals surface area contributed by atoms with Crippen LogP contribution in [0.5, 0.6) is 0 Å². The zero-order valence-corrected chi connectivity index (χ0v) is 47.1. The van der Waals surface area contributed by atoms with E-state index < -0.39 is 0 Å². The molecule has 22 rings (SSSR count). The van der Waals surface area contributed by atoms with Gasteiger partial charge in [0.1, 0.15) is 0 Å². The summed E-state index contributed by atoms with van der Waals surface area (Å²) in [5.41, 5.74) is 0. The van der Waals surface area contributed by atoms with Crippen LogP contribution in [0.4, 0.5) is 0 Å². The Bertz CT molecular complexity index is 768. The molecule has 348 valence electrons. The lowest BCUT2D eigenvalue weighted by Crippen LogP contribution is -2.19. The van der Waals surface area contributed by atoms with Gasteiger partial charge in [0.05, 0.1) is 0 Å². The van der Waals surface area contributed by atoms with Gasteiger partial charge in [0.25, 0.3) is 0 Å². The zero-order valence-electron chi connectivity index (χ0n) is 37.3. The molecule has 16 aliphatic heterocycles. The molecular weight excluding hydrogens is 961 g/mol. The Hall–Kier alpha value is 4.20. The molecule has 0 aromatic rings. The lowest BCUT2D eigenvalue weighted by Gasteiger charge is -2.30. The molecule has 0 radical (unpaired) electrons. The van der Waals surface area contributed by atoms with Crippen LogP contribution in [0.1, 0.15) is 154 Å². The van der Waals surface area contributed by atoms with E-state index in [0.717, 1.165) is 71.0 Å². The summed E-state index contributed by atoms with van der Waals surface area (Å²) in [6.07, 6.45) is 36.1. The minimum Gasteiger partial charge on any atom is -0.0939 e. The summed E-state index contributed by atoms with van der Waals surface area (Å²) in [6.45, 7) is 0. The maximum atomic E-state index is 2.24. The molecule has 0 N–H and O–H groups in total. The summed E-state index contributed by atoms with van der Waals surface area (Å²) in [5, 5.41) is 0. The van der Waals surface area contributed by atoms with Gasteiger partial charge in [-0.15, -0.1) is 0 Å². The highest BCUT2D eigenvalue weighted by atomic mass is 33.1. The smallest absolute Gasteiger partial charge is 0.00653 e. The van der Waals surface area contributed by atoms with Gasteiger partial charge in [-0.3, -0.25) is 0 Å². The van der Waals surface area contributed by atoms with Gasteiger partial charge in [-0.05, 0) is 225 Å². The summed E-state index contributed by atoms with van der Waals surface area (Å²) in [4.78, 5) is 0. The van der Waals surface area contributed by atoms with Gasteiger partial charge in [-0.2, -0.15) is 0 Å². The van der Waals surface area contributed by atoms with E-state index in [-0.39, 0.29) is 0 Å². The highest BCUT2D eigenvalue weighted by Crippen LogP contribution is 2.45. The Kier molecular flexibility index (Phi) is 27.3. The van der Waals surface area contributed by atoms with Crippen molar-refractivity contribution in [1.82, 2.24) is 0 Å². The minimum atomic E-state index is 0.998. The Morgan fingerprint density at radius 3 is 0.250 bits per heavy atom. The fourth-order valence-electron chi connectivity index (χ4n) is 11.1. The molecule has 12 bridgehead atoms. The summed E-state index contributed by atoms with van der Waals surface area (Å²) in [7, 11) is 26.9. The van der Waals surface area contributed by atoms with E-state index in [1.165, 1.54) is 223 Å². The molecule has 6 saturated carbocycles. The minimum absolute atomic E-state index is 0.998. The fraction of sp³-hybridized carbons (Fsp3) is 1.00. The lowest BCUT2D eigenvalue weighted by molar-refractivity contribution is 0.315. The molecule has 12 heteroatoms. The van der Waals surface area contributed by atoms with Gasteiger partial charge in [0.15, 0.2) is 0 Å². The van der Waals surface area contributed by atoms with Gasteiger partial charge < -0.3 is 0 Å². The van der Waals surface area contributed by atoms with Crippen molar-refractivity contribution in [3.05, 3.63) is 0 Å². The molecule has 0 aromatic heterocycles. The van der Waals surface area contributed by atoms with Gasteiger partial charge in [-0.25, -0.2) is 0 Å². The molecule has 16 saturated heterocycles. The van der Waals surface area contributed by atoms with Gasteiger partial charge in [-0.1, -0.05) is 130 Å². The van der Waals surface area contributed by atoms with Crippen LogP contribution in [-0.2, 0) is 0 Å². The number of hydrogen-bond donors (Lipinski definition) is 0. The molecule has 0 nitrogen and oxygen atoms in total. The monoisotopic (exact) mass is 1040 g/mol. The van der Waals surface area contributed by atoms with Gasteiger partial charge in [0, 0.05) is 69.0 Å². The molecule has 60 heavy (non-hydrogen) atoms. The Labute approximate surface area is 419 Å². The number of hydrogen-bond acceptors (Lipinski definition) is 12. The van der Waals surface area contributed by atoms with Crippen molar-refractivity contribution < 1.29 is 0 Å².